The van der Waals surface area contributed by atoms with E-state index in [9.17, 15) is 23.5 Å². The summed E-state index contributed by atoms with van der Waals surface area (Å²) in [4.78, 5) is 35.0. The summed E-state index contributed by atoms with van der Waals surface area (Å²) in [6.07, 6.45) is 3.38. The van der Waals surface area contributed by atoms with Crippen molar-refractivity contribution in [2.24, 2.45) is 5.92 Å². The molecule has 1 aliphatic carbocycles. The van der Waals surface area contributed by atoms with Crippen LogP contribution in [0.3, 0.4) is 0 Å². The molecule has 1 fully saturated rings. The van der Waals surface area contributed by atoms with E-state index in [1.165, 1.54) is 30.3 Å². The number of furan rings is 1. The minimum Gasteiger partial charge on any atom is -0.448 e. The Balaban J connectivity index is 1.55. The number of carbonyl (C=O) groups excluding carboxylic acids is 1. The Bertz CT molecular complexity index is 1370. The molecule has 1 saturated carbocycles. The summed E-state index contributed by atoms with van der Waals surface area (Å²) in [5.74, 6) is 0.0600. The van der Waals surface area contributed by atoms with Crippen molar-refractivity contribution in [1.82, 2.24) is 9.38 Å². The molecule has 0 radical (unpaired) electrons. The zero-order valence-corrected chi connectivity index (χ0v) is 16.9. The molecule has 0 aliphatic heterocycles. The molecule has 1 aliphatic rings. The maximum Gasteiger partial charge on any atom is 0.391 e. The van der Waals surface area contributed by atoms with Crippen LogP contribution in [-0.2, 0) is 9.36 Å². The average Bonchev–Trinajstić information content (AvgIpc) is 3.29. The molecule has 10 heteroatoms. The normalized spacial score (nSPS) is 14.2. The predicted octanol–water partition coefficient (Wildman–Crippen LogP) is 3.55. The average molecular weight is 441 g/mol. The Morgan fingerprint density at radius 1 is 1.19 bits per heavy atom. The van der Waals surface area contributed by atoms with Gasteiger partial charge in [0.2, 0.25) is 11.4 Å². The van der Waals surface area contributed by atoms with Crippen LogP contribution in [0.2, 0.25) is 0 Å². The molecule has 0 spiro atoms. The van der Waals surface area contributed by atoms with Crippen molar-refractivity contribution >= 4 is 30.5 Å². The topological polar surface area (TPSA) is 117 Å². The number of aromatic nitrogens is 2. The third-order valence-electron chi connectivity index (χ3n) is 5.10. The minimum atomic E-state index is -4.53. The highest BCUT2D eigenvalue weighted by Gasteiger charge is 2.30. The molecule has 4 aromatic rings. The van der Waals surface area contributed by atoms with Gasteiger partial charge in [-0.25, -0.2) is 9.37 Å². The highest BCUT2D eigenvalue weighted by atomic mass is 31.2. The van der Waals surface area contributed by atoms with Crippen molar-refractivity contribution in [2.45, 2.75) is 12.8 Å². The molecule has 158 valence electrons. The fourth-order valence-corrected chi connectivity index (χ4v) is 3.86. The first kappa shape index (κ1) is 19.7. The van der Waals surface area contributed by atoms with Crippen molar-refractivity contribution in [3.05, 3.63) is 60.5 Å². The second-order valence-corrected chi connectivity index (χ2v) is 8.93. The Hall–Kier alpha value is -3.26. The number of hydrogen-bond donors (Lipinski definition) is 3. The van der Waals surface area contributed by atoms with E-state index >= 15 is 0 Å². The monoisotopic (exact) mass is 441 g/mol. The van der Waals surface area contributed by atoms with E-state index in [4.69, 9.17) is 4.42 Å². The smallest absolute Gasteiger partial charge is 0.391 e. The van der Waals surface area contributed by atoms with Crippen LogP contribution in [0.4, 0.5) is 10.2 Å². The first-order chi connectivity index (χ1) is 14.8. The van der Waals surface area contributed by atoms with Crippen molar-refractivity contribution in [3.63, 3.8) is 0 Å². The summed E-state index contributed by atoms with van der Waals surface area (Å²) < 4.78 is 33.1. The molecule has 3 heterocycles. The van der Waals surface area contributed by atoms with Gasteiger partial charge in [0.05, 0.1) is 11.9 Å². The highest BCUT2D eigenvalue weighted by Crippen LogP contribution is 2.37. The van der Waals surface area contributed by atoms with Gasteiger partial charge < -0.3 is 19.5 Å². The van der Waals surface area contributed by atoms with Crippen LogP contribution in [0.5, 0.6) is 0 Å². The molecule has 1 aromatic carbocycles. The fraction of sp³-hybridized carbons (Fsp3) is 0.143. The summed E-state index contributed by atoms with van der Waals surface area (Å²) in [5.41, 5.74) is 1.28. The van der Waals surface area contributed by atoms with Gasteiger partial charge in [-0.1, -0.05) is 6.07 Å². The molecular weight excluding hydrogens is 424 g/mol. The molecule has 8 nitrogen and oxygen atoms in total. The third kappa shape index (κ3) is 3.79. The quantitative estimate of drug-likeness (QED) is 0.408. The van der Waals surface area contributed by atoms with Crippen LogP contribution in [0, 0.1) is 11.7 Å². The Labute approximate surface area is 175 Å². The van der Waals surface area contributed by atoms with Gasteiger partial charge in [-0.3, -0.25) is 13.8 Å². The number of amides is 1. The maximum atomic E-state index is 14.8. The van der Waals surface area contributed by atoms with Crippen LogP contribution in [0.15, 0.2) is 59.1 Å². The Morgan fingerprint density at radius 2 is 2.00 bits per heavy atom. The number of halogens is 1. The minimum absolute atomic E-state index is 0.0322. The van der Waals surface area contributed by atoms with E-state index in [0.717, 1.165) is 12.8 Å². The fourth-order valence-electron chi connectivity index (χ4n) is 3.38. The van der Waals surface area contributed by atoms with E-state index in [-0.39, 0.29) is 23.1 Å². The molecule has 5 rings (SSSR count). The summed E-state index contributed by atoms with van der Waals surface area (Å²) in [6.45, 7) is 0. The molecule has 0 bridgehead atoms. The van der Waals surface area contributed by atoms with Crippen molar-refractivity contribution in [3.8, 4) is 22.6 Å². The number of imidazole rings is 1. The van der Waals surface area contributed by atoms with Crippen LogP contribution in [0.1, 0.15) is 12.8 Å². The third-order valence-corrected chi connectivity index (χ3v) is 5.91. The van der Waals surface area contributed by atoms with E-state index < -0.39 is 18.9 Å². The molecule has 0 unspecified atom stereocenters. The number of rotatable bonds is 5. The van der Waals surface area contributed by atoms with Gasteiger partial charge in [0, 0.05) is 17.0 Å². The molecule has 3 aromatic heterocycles. The lowest BCUT2D eigenvalue weighted by molar-refractivity contribution is -0.117. The first-order valence-electron chi connectivity index (χ1n) is 9.55. The zero-order valence-electron chi connectivity index (χ0n) is 16.0. The van der Waals surface area contributed by atoms with E-state index in [0.29, 0.717) is 22.7 Å². The first-order valence-corrected chi connectivity index (χ1v) is 11.2. The summed E-state index contributed by atoms with van der Waals surface area (Å²) in [5, 5.41) is 2.79. The SMILES string of the molecule is O=C(Nc1cn2c(-c3cc(-c4ccc(P(=O)(O)O)o4)ccc3F)cccc2n1)C1CC1. The van der Waals surface area contributed by atoms with Gasteiger partial charge in [-0.15, -0.1) is 0 Å². The Morgan fingerprint density at radius 3 is 2.71 bits per heavy atom. The Kier molecular flexibility index (Phi) is 4.55. The lowest BCUT2D eigenvalue weighted by Crippen LogP contribution is -2.13. The number of nitrogens with one attached hydrogen (secondary N) is 1. The standard InChI is InChI=1S/C21H17FN3O5P/c22-15-7-6-13(17-8-9-20(30-17)31(27,28)29)10-14(15)16-2-1-3-19-23-18(11-25(16)19)24-21(26)12-4-5-12/h1-3,6-12H,4-5H2,(H,24,26)(H2,27,28,29). The van der Waals surface area contributed by atoms with Crippen LogP contribution >= 0.6 is 7.60 Å². The van der Waals surface area contributed by atoms with Crippen LogP contribution in [0.25, 0.3) is 28.2 Å². The van der Waals surface area contributed by atoms with Crippen LogP contribution in [-0.4, -0.2) is 25.1 Å². The van der Waals surface area contributed by atoms with Gasteiger partial charge in [0.25, 0.3) is 0 Å². The van der Waals surface area contributed by atoms with Gasteiger partial charge in [0.1, 0.15) is 17.2 Å². The van der Waals surface area contributed by atoms with Gasteiger partial charge in [-0.05, 0) is 55.3 Å². The zero-order chi connectivity index (χ0) is 21.8. The van der Waals surface area contributed by atoms with E-state index in [1.807, 2.05) is 0 Å². The predicted molar refractivity (Wildman–Crippen MR) is 111 cm³/mol. The van der Waals surface area contributed by atoms with Gasteiger partial charge in [-0.2, -0.15) is 0 Å². The number of carbonyl (C=O) groups is 1. The molecule has 3 N–H and O–H groups in total. The molecular formula is C21H17FN3O5P. The number of nitrogens with zero attached hydrogens (tertiary/aromatic N) is 2. The van der Waals surface area contributed by atoms with E-state index in [1.54, 1.807) is 28.8 Å². The summed E-state index contributed by atoms with van der Waals surface area (Å²) >= 11 is 0. The second-order valence-electron chi connectivity index (χ2n) is 7.41. The maximum absolute atomic E-state index is 14.8. The van der Waals surface area contributed by atoms with E-state index in [2.05, 4.69) is 10.3 Å². The number of pyridine rings is 1. The van der Waals surface area contributed by atoms with Gasteiger partial charge >= 0.3 is 7.60 Å². The largest absolute Gasteiger partial charge is 0.448 e. The number of hydrogen-bond acceptors (Lipinski definition) is 4. The molecule has 31 heavy (non-hydrogen) atoms. The number of fused-ring (bicyclic) bond motifs is 1. The number of benzene rings is 1. The van der Waals surface area contributed by atoms with Crippen molar-refractivity contribution in [2.75, 3.05) is 5.32 Å². The number of anilines is 1. The highest BCUT2D eigenvalue weighted by molar-refractivity contribution is 7.59. The summed E-state index contributed by atoms with van der Waals surface area (Å²) in [7, 11) is -4.53. The van der Waals surface area contributed by atoms with Crippen LogP contribution < -0.4 is 10.8 Å². The summed E-state index contributed by atoms with van der Waals surface area (Å²) in [6, 6.07) is 12.1. The molecule has 0 saturated heterocycles. The molecule has 1 amide bonds. The lowest BCUT2D eigenvalue weighted by atomic mass is 10.0. The van der Waals surface area contributed by atoms with Crippen molar-refractivity contribution < 1.29 is 28.0 Å². The lowest BCUT2D eigenvalue weighted by Gasteiger charge is -2.08. The second kappa shape index (κ2) is 7.16. The molecule has 0 atom stereocenters. The van der Waals surface area contributed by atoms with Gasteiger partial charge in [0.15, 0.2) is 5.82 Å². The van der Waals surface area contributed by atoms with Crippen molar-refractivity contribution in [1.29, 1.82) is 0 Å².